The predicted octanol–water partition coefficient (Wildman–Crippen LogP) is 5.27. The first-order valence-corrected chi connectivity index (χ1v) is 9.96. The molecule has 3 aromatic carbocycles. The van der Waals surface area contributed by atoms with Gasteiger partial charge in [0.05, 0.1) is 12.8 Å². The molecule has 150 valence electrons. The van der Waals surface area contributed by atoms with Gasteiger partial charge in [-0.3, -0.25) is 4.79 Å². The highest BCUT2D eigenvalue weighted by Crippen LogP contribution is 2.25. The highest BCUT2D eigenvalue weighted by atomic mass is 16.5. The topological polar surface area (TPSA) is 70.9 Å². The van der Waals surface area contributed by atoms with E-state index >= 15 is 0 Å². The number of phenols is 1. The third kappa shape index (κ3) is 5.57. The predicted molar refractivity (Wildman–Crippen MR) is 117 cm³/mol. The van der Waals surface area contributed by atoms with Crippen LogP contribution in [0.5, 0.6) is 11.5 Å². The lowest BCUT2D eigenvalue weighted by atomic mass is 10.0. The SMILES string of the molecule is CCCCCCOc1ccc(C(=O)N/N=C/c2c(O)ccc3ccccc23)cc1. The van der Waals surface area contributed by atoms with Crippen LogP contribution in [0.3, 0.4) is 0 Å². The number of unbranched alkanes of at least 4 members (excludes halogenated alkanes) is 3. The zero-order valence-corrected chi connectivity index (χ0v) is 16.6. The standard InChI is InChI=1S/C24H26N2O3/c1-2-3-4-7-16-29-20-13-10-19(11-14-20)24(28)26-25-17-22-21-9-6-5-8-18(21)12-15-23(22)27/h5-6,8-15,17,27H,2-4,7,16H2,1H3,(H,26,28)/b25-17+. The molecule has 2 N–H and O–H groups in total. The van der Waals surface area contributed by atoms with Crippen molar-refractivity contribution < 1.29 is 14.6 Å². The molecule has 0 heterocycles. The maximum Gasteiger partial charge on any atom is 0.271 e. The van der Waals surface area contributed by atoms with Crippen LogP contribution in [0.4, 0.5) is 0 Å². The van der Waals surface area contributed by atoms with Crippen LogP contribution in [0.1, 0.15) is 48.5 Å². The molecule has 3 aromatic rings. The lowest BCUT2D eigenvalue weighted by molar-refractivity contribution is 0.0955. The number of aromatic hydroxyl groups is 1. The summed E-state index contributed by atoms with van der Waals surface area (Å²) < 4.78 is 5.69. The minimum Gasteiger partial charge on any atom is -0.507 e. The Balaban J connectivity index is 1.58. The number of benzene rings is 3. The number of rotatable bonds is 9. The van der Waals surface area contributed by atoms with Gasteiger partial charge in [0, 0.05) is 11.1 Å². The first-order valence-electron chi connectivity index (χ1n) is 9.96. The first kappa shape index (κ1) is 20.4. The van der Waals surface area contributed by atoms with Gasteiger partial charge in [-0.1, -0.05) is 56.5 Å². The van der Waals surface area contributed by atoms with E-state index in [0.29, 0.717) is 17.7 Å². The van der Waals surface area contributed by atoms with E-state index in [1.807, 2.05) is 30.3 Å². The number of fused-ring (bicyclic) bond motifs is 1. The van der Waals surface area contributed by atoms with Gasteiger partial charge in [-0.15, -0.1) is 0 Å². The van der Waals surface area contributed by atoms with E-state index in [4.69, 9.17) is 4.74 Å². The number of carbonyl (C=O) groups is 1. The van der Waals surface area contributed by atoms with E-state index in [-0.39, 0.29) is 11.7 Å². The molecule has 1 amide bonds. The lowest BCUT2D eigenvalue weighted by Gasteiger charge is -2.07. The largest absolute Gasteiger partial charge is 0.507 e. The summed E-state index contributed by atoms with van der Waals surface area (Å²) in [6, 6.07) is 18.1. The molecule has 0 aliphatic carbocycles. The number of amides is 1. The Labute approximate surface area is 171 Å². The van der Waals surface area contributed by atoms with Gasteiger partial charge in [-0.25, -0.2) is 5.43 Å². The Morgan fingerprint density at radius 3 is 2.62 bits per heavy atom. The van der Waals surface area contributed by atoms with Crippen LogP contribution in [0.15, 0.2) is 65.8 Å². The molecule has 0 saturated heterocycles. The van der Waals surface area contributed by atoms with Crippen molar-refractivity contribution in [3.63, 3.8) is 0 Å². The van der Waals surface area contributed by atoms with Crippen molar-refractivity contribution in [1.29, 1.82) is 0 Å². The molecule has 3 rings (SSSR count). The van der Waals surface area contributed by atoms with Gasteiger partial charge >= 0.3 is 0 Å². The summed E-state index contributed by atoms with van der Waals surface area (Å²) in [4.78, 5) is 12.3. The van der Waals surface area contributed by atoms with Crippen LogP contribution in [0, 0.1) is 0 Å². The number of hydrogen-bond acceptors (Lipinski definition) is 4. The van der Waals surface area contributed by atoms with Crippen LogP contribution < -0.4 is 10.2 Å². The Morgan fingerprint density at radius 1 is 1.03 bits per heavy atom. The summed E-state index contributed by atoms with van der Waals surface area (Å²) in [6.07, 6.45) is 6.09. The average Bonchev–Trinajstić information content (AvgIpc) is 2.75. The fourth-order valence-electron chi connectivity index (χ4n) is 3.06. The Morgan fingerprint density at radius 2 is 1.83 bits per heavy atom. The van der Waals surface area contributed by atoms with Gasteiger partial charge < -0.3 is 9.84 Å². The van der Waals surface area contributed by atoms with Crippen LogP contribution in [0.25, 0.3) is 10.8 Å². The van der Waals surface area contributed by atoms with Gasteiger partial charge in [0.15, 0.2) is 0 Å². The molecule has 5 nitrogen and oxygen atoms in total. The van der Waals surface area contributed by atoms with Crippen molar-refractivity contribution in [1.82, 2.24) is 5.43 Å². The minimum absolute atomic E-state index is 0.113. The molecule has 0 fully saturated rings. The third-order valence-electron chi connectivity index (χ3n) is 4.69. The summed E-state index contributed by atoms with van der Waals surface area (Å²) in [5.74, 6) is 0.542. The smallest absolute Gasteiger partial charge is 0.271 e. The molecule has 0 aliphatic heterocycles. The van der Waals surface area contributed by atoms with Gasteiger partial charge in [-0.05, 0) is 47.5 Å². The second-order valence-electron chi connectivity index (χ2n) is 6.85. The van der Waals surface area contributed by atoms with Crippen molar-refractivity contribution in [3.8, 4) is 11.5 Å². The second-order valence-corrected chi connectivity index (χ2v) is 6.85. The van der Waals surface area contributed by atoms with E-state index in [1.165, 1.54) is 25.5 Å². The molecule has 0 unspecified atom stereocenters. The fraction of sp³-hybridized carbons (Fsp3) is 0.250. The Kier molecular flexibility index (Phi) is 7.22. The molecule has 5 heteroatoms. The molecule has 0 saturated carbocycles. The number of ether oxygens (including phenoxy) is 1. The lowest BCUT2D eigenvalue weighted by Crippen LogP contribution is -2.17. The van der Waals surface area contributed by atoms with E-state index in [1.54, 1.807) is 30.3 Å². The maximum absolute atomic E-state index is 12.3. The number of hydrogen-bond donors (Lipinski definition) is 2. The third-order valence-corrected chi connectivity index (χ3v) is 4.69. The van der Waals surface area contributed by atoms with Crippen molar-refractivity contribution in [3.05, 3.63) is 71.8 Å². The average molecular weight is 390 g/mol. The van der Waals surface area contributed by atoms with Crippen LogP contribution in [-0.4, -0.2) is 23.8 Å². The summed E-state index contributed by atoms with van der Waals surface area (Å²) in [5.41, 5.74) is 3.56. The first-order chi connectivity index (χ1) is 14.2. The van der Waals surface area contributed by atoms with Gasteiger partial charge in [0.25, 0.3) is 5.91 Å². The number of hydrazone groups is 1. The maximum atomic E-state index is 12.3. The van der Waals surface area contributed by atoms with E-state index in [2.05, 4.69) is 17.5 Å². The summed E-state index contributed by atoms with van der Waals surface area (Å²) in [7, 11) is 0. The molecular weight excluding hydrogens is 364 g/mol. The zero-order valence-electron chi connectivity index (χ0n) is 16.6. The molecule has 0 radical (unpaired) electrons. The minimum atomic E-state index is -0.324. The molecule has 0 bridgehead atoms. The summed E-state index contributed by atoms with van der Waals surface area (Å²) in [6.45, 7) is 2.86. The number of phenolic OH excluding ortho intramolecular Hbond substituents is 1. The Bertz CT molecular complexity index is 981. The van der Waals surface area contributed by atoms with Crippen LogP contribution in [-0.2, 0) is 0 Å². The van der Waals surface area contributed by atoms with Gasteiger partial charge in [-0.2, -0.15) is 5.10 Å². The fourth-order valence-corrected chi connectivity index (χ4v) is 3.06. The van der Waals surface area contributed by atoms with Crippen molar-refractivity contribution >= 4 is 22.9 Å². The Hall–Kier alpha value is -3.34. The molecular formula is C24H26N2O3. The van der Waals surface area contributed by atoms with E-state index in [9.17, 15) is 9.90 Å². The number of nitrogens with one attached hydrogen (secondary N) is 1. The summed E-state index contributed by atoms with van der Waals surface area (Å²) in [5, 5.41) is 16.0. The number of carbonyl (C=O) groups excluding carboxylic acids is 1. The second kappa shape index (κ2) is 10.3. The monoisotopic (exact) mass is 390 g/mol. The van der Waals surface area contributed by atoms with Gasteiger partial charge in [0.1, 0.15) is 11.5 Å². The van der Waals surface area contributed by atoms with Crippen molar-refractivity contribution in [2.24, 2.45) is 5.10 Å². The molecule has 0 spiro atoms. The highest BCUT2D eigenvalue weighted by Gasteiger charge is 2.06. The highest BCUT2D eigenvalue weighted by molar-refractivity contribution is 6.03. The molecule has 0 atom stereocenters. The van der Waals surface area contributed by atoms with Crippen LogP contribution >= 0.6 is 0 Å². The number of nitrogens with zero attached hydrogens (tertiary/aromatic N) is 1. The molecule has 0 aliphatic rings. The summed E-state index contributed by atoms with van der Waals surface area (Å²) >= 11 is 0. The molecule has 29 heavy (non-hydrogen) atoms. The quantitative estimate of drug-likeness (QED) is 0.297. The van der Waals surface area contributed by atoms with Gasteiger partial charge in [0.2, 0.25) is 0 Å². The van der Waals surface area contributed by atoms with Crippen LogP contribution in [0.2, 0.25) is 0 Å². The normalized spacial score (nSPS) is 11.1. The molecule has 0 aromatic heterocycles. The van der Waals surface area contributed by atoms with Crippen molar-refractivity contribution in [2.75, 3.05) is 6.61 Å². The van der Waals surface area contributed by atoms with E-state index < -0.39 is 0 Å². The zero-order chi connectivity index (χ0) is 20.5. The van der Waals surface area contributed by atoms with E-state index in [0.717, 1.165) is 22.9 Å². The van der Waals surface area contributed by atoms with Crippen molar-refractivity contribution in [2.45, 2.75) is 32.6 Å².